The van der Waals surface area contributed by atoms with Crippen molar-refractivity contribution in [3.8, 4) is 5.75 Å². The molecule has 0 spiro atoms. The van der Waals surface area contributed by atoms with Crippen LogP contribution in [0.25, 0.3) is 0 Å². The molecular formula is C20H23ClN2O2. The Morgan fingerprint density at radius 1 is 1.12 bits per heavy atom. The first-order valence-electron chi connectivity index (χ1n) is 8.65. The van der Waals surface area contributed by atoms with E-state index in [1.165, 1.54) is 19.3 Å². The minimum Gasteiger partial charge on any atom is -0.484 e. The van der Waals surface area contributed by atoms with Crippen molar-refractivity contribution < 1.29 is 9.53 Å². The van der Waals surface area contributed by atoms with Crippen molar-refractivity contribution in [2.45, 2.75) is 26.2 Å². The molecule has 2 aromatic carbocycles. The Labute approximate surface area is 153 Å². The van der Waals surface area contributed by atoms with E-state index in [0.29, 0.717) is 16.5 Å². The van der Waals surface area contributed by atoms with Crippen molar-refractivity contribution in [1.82, 2.24) is 0 Å². The normalized spacial score (nSPS) is 14.2. The smallest absolute Gasteiger partial charge is 0.262 e. The molecule has 1 aliphatic rings. The number of benzene rings is 2. The summed E-state index contributed by atoms with van der Waals surface area (Å²) in [5, 5.41) is 3.49. The summed E-state index contributed by atoms with van der Waals surface area (Å²) in [6.45, 7) is 4.05. The number of carbonyl (C=O) groups is 1. The van der Waals surface area contributed by atoms with Crippen molar-refractivity contribution >= 4 is 28.9 Å². The zero-order chi connectivity index (χ0) is 17.6. The van der Waals surface area contributed by atoms with E-state index in [2.05, 4.69) is 10.2 Å². The fraction of sp³-hybridized carbons (Fsp3) is 0.350. The molecule has 1 N–H and O–H groups in total. The number of nitrogens with zero attached hydrogens (tertiary/aromatic N) is 1. The SMILES string of the molecule is Cc1ccc(OCC(=O)Nc2ccc(N3CCCCC3)c(Cl)c2)cc1. The molecule has 0 saturated carbocycles. The lowest BCUT2D eigenvalue weighted by molar-refractivity contribution is -0.118. The Morgan fingerprint density at radius 2 is 1.84 bits per heavy atom. The molecule has 1 saturated heterocycles. The summed E-state index contributed by atoms with van der Waals surface area (Å²) in [6.07, 6.45) is 3.68. The first kappa shape index (κ1) is 17.6. The van der Waals surface area contributed by atoms with Gasteiger partial charge in [0.05, 0.1) is 10.7 Å². The molecule has 1 fully saturated rings. The van der Waals surface area contributed by atoms with E-state index >= 15 is 0 Å². The Hall–Kier alpha value is -2.20. The molecule has 0 unspecified atom stereocenters. The highest BCUT2D eigenvalue weighted by atomic mass is 35.5. The third kappa shape index (κ3) is 4.89. The highest BCUT2D eigenvalue weighted by Gasteiger charge is 2.14. The Kier molecular flexibility index (Phi) is 5.82. The molecule has 0 atom stereocenters. The van der Waals surface area contributed by atoms with Gasteiger partial charge in [-0.25, -0.2) is 0 Å². The van der Waals surface area contributed by atoms with Gasteiger partial charge >= 0.3 is 0 Å². The Morgan fingerprint density at radius 3 is 2.52 bits per heavy atom. The molecule has 5 heteroatoms. The molecular weight excluding hydrogens is 336 g/mol. The third-order valence-corrected chi connectivity index (χ3v) is 4.62. The van der Waals surface area contributed by atoms with Crippen LogP contribution < -0.4 is 15.0 Å². The lowest BCUT2D eigenvalue weighted by Crippen LogP contribution is -2.29. The second-order valence-electron chi connectivity index (χ2n) is 6.36. The minimum absolute atomic E-state index is 0.0332. The largest absolute Gasteiger partial charge is 0.484 e. The topological polar surface area (TPSA) is 41.6 Å². The fourth-order valence-corrected chi connectivity index (χ4v) is 3.26. The van der Waals surface area contributed by atoms with Crippen molar-refractivity contribution in [2.24, 2.45) is 0 Å². The zero-order valence-corrected chi connectivity index (χ0v) is 15.2. The molecule has 25 heavy (non-hydrogen) atoms. The van der Waals surface area contributed by atoms with Gasteiger partial charge in [-0.3, -0.25) is 4.79 Å². The molecule has 1 aliphatic heterocycles. The van der Waals surface area contributed by atoms with Crippen molar-refractivity contribution in [2.75, 3.05) is 29.9 Å². The van der Waals surface area contributed by atoms with Gasteiger partial charge < -0.3 is 15.0 Å². The number of nitrogens with one attached hydrogen (secondary N) is 1. The van der Waals surface area contributed by atoms with E-state index < -0.39 is 0 Å². The Balaban J connectivity index is 1.55. The van der Waals surface area contributed by atoms with Crippen LogP contribution in [-0.2, 0) is 4.79 Å². The minimum atomic E-state index is -0.206. The molecule has 0 aliphatic carbocycles. The van der Waals surface area contributed by atoms with E-state index in [9.17, 15) is 4.79 Å². The van der Waals surface area contributed by atoms with Crippen LogP contribution in [-0.4, -0.2) is 25.6 Å². The van der Waals surface area contributed by atoms with Gasteiger partial charge in [0.2, 0.25) is 0 Å². The van der Waals surface area contributed by atoms with Gasteiger partial charge in [0.1, 0.15) is 5.75 Å². The maximum atomic E-state index is 12.1. The monoisotopic (exact) mass is 358 g/mol. The van der Waals surface area contributed by atoms with Crippen LogP contribution in [0.5, 0.6) is 5.75 Å². The highest BCUT2D eigenvalue weighted by Crippen LogP contribution is 2.30. The number of ether oxygens (including phenoxy) is 1. The van der Waals surface area contributed by atoms with E-state index in [-0.39, 0.29) is 12.5 Å². The Bertz CT molecular complexity index is 725. The van der Waals surface area contributed by atoms with E-state index in [1.807, 2.05) is 43.3 Å². The highest BCUT2D eigenvalue weighted by molar-refractivity contribution is 6.33. The zero-order valence-electron chi connectivity index (χ0n) is 14.4. The van der Waals surface area contributed by atoms with Crippen LogP contribution in [0.3, 0.4) is 0 Å². The second-order valence-corrected chi connectivity index (χ2v) is 6.77. The van der Waals surface area contributed by atoms with Gasteiger partial charge in [0.15, 0.2) is 6.61 Å². The molecule has 132 valence electrons. The van der Waals surface area contributed by atoms with Crippen molar-refractivity contribution in [3.63, 3.8) is 0 Å². The molecule has 1 amide bonds. The number of rotatable bonds is 5. The van der Waals surface area contributed by atoms with Gasteiger partial charge in [-0.05, 0) is 56.5 Å². The summed E-state index contributed by atoms with van der Waals surface area (Å²) in [5.41, 5.74) is 2.87. The van der Waals surface area contributed by atoms with Gasteiger partial charge in [-0.1, -0.05) is 29.3 Å². The van der Waals surface area contributed by atoms with Crippen LogP contribution in [0.1, 0.15) is 24.8 Å². The van der Waals surface area contributed by atoms with Crippen LogP contribution in [0.4, 0.5) is 11.4 Å². The third-order valence-electron chi connectivity index (χ3n) is 4.32. The van der Waals surface area contributed by atoms with Crippen molar-refractivity contribution in [1.29, 1.82) is 0 Å². The number of piperidine rings is 1. The number of anilines is 2. The van der Waals surface area contributed by atoms with Crippen LogP contribution in [0, 0.1) is 6.92 Å². The maximum Gasteiger partial charge on any atom is 0.262 e. The summed E-state index contributed by atoms with van der Waals surface area (Å²) in [4.78, 5) is 14.4. The van der Waals surface area contributed by atoms with E-state index in [4.69, 9.17) is 16.3 Å². The quantitative estimate of drug-likeness (QED) is 0.845. The molecule has 2 aromatic rings. The molecule has 1 heterocycles. The lowest BCUT2D eigenvalue weighted by atomic mass is 10.1. The maximum absolute atomic E-state index is 12.1. The number of hydrogen-bond donors (Lipinski definition) is 1. The number of carbonyl (C=O) groups excluding carboxylic acids is 1. The predicted molar refractivity (Wildman–Crippen MR) is 103 cm³/mol. The molecule has 4 nitrogen and oxygen atoms in total. The van der Waals surface area contributed by atoms with Gasteiger partial charge in [0, 0.05) is 18.8 Å². The standard InChI is InChI=1S/C20H23ClN2O2/c1-15-5-8-17(9-6-15)25-14-20(24)22-16-7-10-19(18(21)13-16)23-11-3-2-4-12-23/h5-10,13H,2-4,11-12,14H2,1H3,(H,22,24). The van der Waals surface area contributed by atoms with Gasteiger partial charge in [-0.2, -0.15) is 0 Å². The molecule has 3 rings (SSSR count). The average molecular weight is 359 g/mol. The fourth-order valence-electron chi connectivity index (χ4n) is 2.96. The van der Waals surface area contributed by atoms with Gasteiger partial charge in [-0.15, -0.1) is 0 Å². The lowest BCUT2D eigenvalue weighted by Gasteiger charge is -2.29. The first-order chi connectivity index (χ1) is 12.1. The summed E-state index contributed by atoms with van der Waals surface area (Å²) in [6, 6.07) is 13.3. The van der Waals surface area contributed by atoms with E-state index in [0.717, 1.165) is 24.3 Å². The number of amides is 1. The predicted octanol–water partition coefficient (Wildman–Crippen LogP) is 4.66. The van der Waals surface area contributed by atoms with E-state index in [1.54, 1.807) is 6.07 Å². The average Bonchev–Trinajstić information content (AvgIpc) is 2.62. The molecule has 0 radical (unpaired) electrons. The summed E-state index contributed by atoms with van der Waals surface area (Å²) < 4.78 is 5.49. The summed E-state index contributed by atoms with van der Waals surface area (Å²) >= 11 is 6.41. The summed E-state index contributed by atoms with van der Waals surface area (Å²) in [5.74, 6) is 0.474. The first-order valence-corrected chi connectivity index (χ1v) is 9.03. The van der Waals surface area contributed by atoms with Crippen molar-refractivity contribution in [3.05, 3.63) is 53.1 Å². The summed E-state index contributed by atoms with van der Waals surface area (Å²) in [7, 11) is 0. The van der Waals surface area contributed by atoms with Crippen LogP contribution >= 0.6 is 11.6 Å². The number of aryl methyl sites for hydroxylation is 1. The molecule has 0 aromatic heterocycles. The number of hydrogen-bond acceptors (Lipinski definition) is 3. The van der Waals surface area contributed by atoms with Crippen LogP contribution in [0.15, 0.2) is 42.5 Å². The second kappa shape index (κ2) is 8.26. The van der Waals surface area contributed by atoms with Crippen LogP contribution in [0.2, 0.25) is 5.02 Å². The number of halogens is 1. The van der Waals surface area contributed by atoms with Gasteiger partial charge in [0.25, 0.3) is 5.91 Å². The molecule has 0 bridgehead atoms.